The second kappa shape index (κ2) is 7.21. The lowest BCUT2D eigenvalue weighted by molar-refractivity contribution is -0.165. The van der Waals surface area contributed by atoms with E-state index in [0.717, 1.165) is 0 Å². The van der Waals surface area contributed by atoms with Crippen molar-refractivity contribution in [2.75, 3.05) is 14.2 Å². The SMILES string of the molecule is COC(=O)c1c(C)cc(O)c(C)c1O[C@H]1C(=O)C(C)=C(O)[C@H](O)[C@@]1(C)OC. The van der Waals surface area contributed by atoms with Gasteiger partial charge in [-0.2, -0.15) is 0 Å². The Hall–Kier alpha value is -2.58. The number of ether oxygens (including phenoxy) is 3. The van der Waals surface area contributed by atoms with E-state index in [2.05, 4.69) is 0 Å². The maximum absolute atomic E-state index is 12.8. The number of benzene rings is 1. The molecule has 0 heterocycles. The zero-order chi connectivity index (χ0) is 20.7. The number of aliphatic hydroxyl groups is 2. The maximum Gasteiger partial charge on any atom is 0.341 e. The van der Waals surface area contributed by atoms with Crippen LogP contribution in [0.5, 0.6) is 11.5 Å². The highest BCUT2D eigenvalue weighted by Crippen LogP contribution is 2.40. The zero-order valence-corrected chi connectivity index (χ0v) is 16.1. The number of phenolic OH excluding ortho intramolecular Hbond substituents is 1. The third-order valence-corrected chi connectivity index (χ3v) is 5.08. The molecule has 2 rings (SSSR count). The summed E-state index contributed by atoms with van der Waals surface area (Å²) in [6.45, 7) is 5.87. The van der Waals surface area contributed by atoms with Crippen LogP contribution >= 0.6 is 0 Å². The Labute approximate surface area is 157 Å². The van der Waals surface area contributed by atoms with E-state index in [0.29, 0.717) is 5.56 Å². The van der Waals surface area contributed by atoms with Crippen LogP contribution in [0, 0.1) is 13.8 Å². The third kappa shape index (κ3) is 3.15. The molecule has 0 radical (unpaired) electrons. The van der Waals surface area contributed by atoms with Gasteiger partial charge in [-0.1, -0.05) is 0 Å². The standard InChI is InChI=1S/C19H24O8/c1-8-7-11(20)9(2)15(12(8)18(24)25-5)27-17-14(22)10(3)13(21)16(23)19(17,4)26-6/h7,16-17,20-21,23H,1-6H3/t16-,17-,19+/m0/s1. The first-order valence-electron chi connectivity index (χ1n) is 8.26. The molecule has 1 aromatic rings. The smallest absolute Gasteiger partial charge is 0.341 e. The largest absolute Gasteiger partial charge is 0.509 e. The molecule has 3 atom stereocenters. The summed E-state index contributed by atoms with van der Waals surface area (Å²) in [4.78, 5) is 25.0. The molecule has 0 amide bonds. The summed E-state index contributed by atoms with van der Waals surface area (Å²) in [7, 11) is 2.47. The normalized spacial score (nSPS) is 25.5. The molecule has 27 heavy (non-hydrogen) atoms. The van der Waals surface area contributed by atoms with Crippen LogP contribution in [0.25, 0.3) is 0 Å². The number of rotatable bonds is 4. The Morgan fingerprint density at radius 1 is 1.19 bits per heavy atom. The van der Waals surface area contributed by atoms with E-state index in [1.165, 1.54) is 41.1 Å². The zero-order valence-electron chi connectivity index (χ0n) is 16.1. The number of Topliss-reactive ketones (excluding diaryl/α,β-unsaturated/α-hetero) is 1. The molecule has 0 unspecified atom stereocenters. The molecular weight excluding hydrogens is 356 g/mol. The van der Waals surface area contributed by atoms with Crippen LogP contribution in [-0.4, -0.2) is 59.1 Å². The molecule has 3 N–H and O–H groups in total. The number of methoxy groups -OCH3 is 2. The van der Waals surface area contributed by atoms with Crippen LogP contribution in [0.4, 0.5) is 0 Å². The molecule has 0 aliphatic heterocycles. The Kier molecular flexibility index (Phi) is 5.53. The minimum atomic E-state index is -1.63. The molecule has 0 aromatic heterocycles. The van der Waals surface area contributed by atoms with Gasteiger partial charge in [0.2, 0.25) is 5.78 Å². The molecule has 1 aliphatic carbocycles. The molecule has 148 valence electrons. The van der Waals surface area contributed by atoms with Gasteiger partial charge >= 0.3 is 5.97 Å². The van der Waals surface area contributed by atoms with Crippen molar-refractivity contribution in [3.63, 3.8) is 0 Å². The predicted molar refractivity (Wildman–Crippen MR) is 95.1 cm³/mol. The highest BCUT2D eigenvalue weighted by Gasteiger charge is 2.54. The lowest BCUT2D eigenvalue weighted by Crippen LogP contribution is -2.61. The molecule has 8 heteroatoms. The van der Waals surface area contributed by atoms with E-state index >= 15 is 0 Å². The highest BCUT2D eigenvalue weighted by atomic mass is 16.6. The van der Waals surface area contributed by atoms with Crippen LogP contribution < -0.4 is 4.74 Å². The second-order valence-corrected chi connectivity index (χ2v) is 6.70. The molecule has 0 spiro atoms. The van der Waals surface area contributed by atoms with Gasteiger partial charge in [0, 0.05) is 18.2 Å². The Balaban J connectivity index is 2.68. The lowest BCUT2D eigenvalue weighted by Gasteiger charge is -2.42. The fourth-order valence-electron chi connectivity index (χ4n) is 3.08. The minimum Gasteiger partial charge on any atom is -0.509 e. The summed E-state index contributed by atoms with van der Waals surface area (Å²) >= 11 is 0. The van der Waals surface area contributed by atoms with Crippen LogP contribution in [0.2, 0.25) is 0 Å². The Morgan fingerprint density at radius 3 is 2.30 bits per heavy atom. The fraction of sp³-hybridized carbons (Fsp3) is 0.474. The van der Waals surface area contributed by atoms with E-state index < -0.39 is 35.3 Å². The van der Waals surface area contributed by atoms with E-state index in [-0.39, 0.29) is 28.2 Å². The lowest BCUT2D eigenvalue weighted by atomic mass is 9.79. The van der Waals surface area contributed by atoms with Crippen molar-refractivity contribution in [3.05, 3.63) is 34.1 Å². The number of phenols is 1. The number of aryl methyl sites for hydroxylation is 1. The van der Waals surface area contributed by atoms with Crippen molar-refractivity contribution in [2.24, 2.45) is 0 Å². The Bertz CT molecular complexity index is 825. The topological polar surface area (TPSA) is 123 Å². The Morgan fingerprint density at radius 2 is 1.78 bits per heavy atom. The van der Waals surface area contributed by atoms with Gasteiger partial charge in [-0.05, 0) is 39.3 Å². The predicted octanol–water partition coefficient (Wildman–Crippen LogP) is 1.72. The molecule has 0 bridgehead atoms. The monoisotopic (exact) mass is 380 g/mol. The number of carbonyl (C=O) groups is 2. The molecule has 8 nitrogen and oxygen atoms in total. The number of ketones is 1. The average molecular weight is 380 g/mol. The van der Waals surface area contributed by atoms with E-state index in [9.17, 15) is 24.9 Å². The molecule has 0 saturated carbocycles. The number of carbonyl (C=O) groups excluding carboxylic acids is 2. The third-order valence-electron chi connectivity index (χ3n) is 5.08. The van der Waals surface area contributed by atoms with Crippen molar-refractivity contribution in [1.29, 1.82) is 0 Å². The van der Waals surface area contributed by atoms with Crippen molar-refractivity contribution >= 4 is 11.8 Å². The number of hydrogen-bond acceptors (Lipinski definition) is 8. The summed E-state index contributed by atoms with van der Waals surface area (Å²) in [5.41, 5.74) is -1.04. The minimum absolute atomic E-state index is 0.0463. The fourth-order valence-corrected chi connectivity index (χ4v) is 3.08. The van der Waals surface area contributed by atoms with Crippen molar-refractivity contribution in [3.8, 4) is 11.5 Å². The summed E-state index contributed by atoms with van der Waals surface area (Å²) < 4.78 is 16.0. The van der Waals surface area contributed by atoms with Crippen molar-refractivity contribution in [2.45, 2.75) is 45.5 Å². The first-order chi connectivity index (χ1) is 12.5. The highest BCUT2D eigenvalue weighted by molar-refractivity contribution is 6.02. The van der Waals surface area contributed by atoms with Gasteiger partial charge in [-0.3, -0.25) is 4.79 Å². The maximum atomic E-state index is 12.8. The van der Waals surface area contributed by atoms with Crippen LogP contribution in [0.15, 0.2) is 17.4 Å². The average Bonchev–Trinajstić information content (AvgIpc) is 2.65. The van der Waals surface area contributed by atoms with Crippen LogP contribution in [0.3, 0.4) is 0 Å². The molecule has 1 aromatic carbocycles. The van der Waals surface area contributed by atoms with Gasteiger partial charge in [0.05, 0.1) is 7.11 Å². The van der Waals surface area contributed by atoms with Gasteiger partial charge in [0.25, 0.3) is 0 Å². The van der Waals surface area contributed by atoms with Crippen molar-refractivity contribution < 1.29 is 39.1 Å². The number of aromatic hydroxyl groups is 1. The van der Waals surface area contributed by atoms with E-state index in [1.54, 1.807) is 6.92 Å². The number of esters is 1. The van der Waals surface area contributed by atoms with Crippen LogP contribution in [0.1, 0.15) is 35.3 Å². The molecule has 1 aliphatic rings. The summed E-state index contributed by atoms with van der Waals surface area (Å²) in [5.74, 6) is -2.00. The first kappa shape index (κ1) is 20.7. The molecular formula is C19H24O8. The summed E-state index contributed by atoms with van der Waals surface area (Å²) in [6.07, 6.45) is -2.90. The van der Waals surface area contributed by atoms with E-state index in [1.807, 2.05) is 0 Å². The van der Waals surface area contributed by atoms with Gasteiger partial charge in [-0.15, -0.1) is 0 Å². The van der Waals surface area contributed by atoms with E-state index in [4.69, 9.17) is 14.2 Å². The first-order valence-corrected chi connectivity index (χ1v) is 8.26. The summed E-state index contributed by atoms with van der Waals surface area (Å²) in [5, 5.41) is 30.6. The summed E-state index contributed by atoms with van der Waals surface area (Å²) in [6, 6.07) is 1.39. The van der Waals surface area contributed by atoms with Gasteiger partial charge in [0.15, 0.2) is 6.10 Å². The molecule has 0 fully saturated rings. The van der Waals surface area contributed by atoms with Gasteiger partial charge < -0.3 is 29.5 Å². The second-order valence-electron chi connectivity index (χ2n) is 6.70. The van der Waals surface area contributed by atoms with Crippen molar-refractivity contribution in [1.82, 2.24) is 0 Å². The van der Waals surface area contributed by atoms with Gasteiger partial charge in [-0.25, -0.2) is 4.79 Å². The quantitative estimate of drug-likeness (QED) is 0.675. The van der Waals surface area contributed by atoms with Gasteiger partial charge in [0.1, 0.15) is 34.5 Å². The number of hydrogen-bond donors (Lipinski definition) is 3. The molecule has 0 saturated heterocycles. The van der Waals surface area contributed by atoms with Crippen LogP contribution in [-0.2, 0) is 14.3 Å². The number of aliphatic hydroxyl groups excluding tert-OH is 2.